The lowest BCUT2D eigenvalue weighted by Crippen LogP contribution is -2.30. The molecule has 1 atom stereocenters. The normalized spacial score (nSPS) is 22.4. The topological polar surface area (TPSA) is 15.3 Å². The average molecular weight is 245 g/mol. The minimum Gasteiger partial charge on any atom is -0.316 e. The molecule has 4 heteroatoms. The SMILES string of the molecule is CNC1CCN(CCc2ccc(Cl)s2)C1. The monoisotopic (exact) mass is 244 g/mol. The van der Waals surface area contributed by atoms with Crippen LogP contribution in [0.25, 0.3) is 0 Å². The second-order valence-corrected chi connectivity index (χ2v) is 5.83. The van der Waals surface area contributed by atoms with Crippen molar-refractivity contribution in [1.82, 2.24) is 10.2 Å². The van der Waals surface area contributed by atoms with Gasteiger partial charge >= 0.3 is 0 Å². The molecule has 0 aromatic carbocycles. The van der Waals surface area contributed by atoms with Crippen molar-refractivity contribution in [3.05, 3.63) is 21.3 Å². The Labute approximate surface area is 100 Å². The molecule has 2 nitrogen and oxygen atoms in total. The Morgan fingerprint density at radius 3 is 3.07 bits per heavy atom. The number of thiophene rings is 1. The van der Waals surface area contributed by atoms with Gasteiger partial charge < -0.3 is 10.2 Å². The molecule has 0 amide bonds. The van der Waals surface area contributed by atoms with Crippen molar-refractivity contribution >= 4 is 22.9 Å². The van der Waals surface area contributed by atoms with E-state index in [2.05, 4.69) is 16.3 Å². The van der Waals surface area contributed by atoms with Crippen LogP contribution >= 0.6 is 22.9 Å². The molecule has 0 radical (unpaired) electrons. The van der Waals surface area contributed by atoms with Crippen LogP contribution in [0.2, 0.25) is 4.34 Å². The van der Waals surface area contributed by atoms with Gasteiger partial charge in [-0.1, -0.05) is 11.6 Å². The molecular weight excluding hydrogens is 228 g/mol. The number of likely N-dealkylation sites (N-methyl/N-ethyl adjacent to an activating group) is 1. The smallest absolute Gasteiger partial charge is 0.0931 e. The first-order valence-electron chi connectivity index (χ1n) is 5.42. The summed E-state index contributed by atoms with van der Waals surface area (Å²) in [6.07, 6.45) is 2.41. The van der Waals surface area contributed by atoms with Crippen LogP contribution in [0.3, 0.4) is 0 Å². The van der Waals surface area contributed by atoms with Gasteiger partial charge in [-0.3, -0.25) is 0 Å². The van der Waals surface area contributed by atoms with Gasteiger partial charge in [0.15, 0.2) is 0 Å². The number of nitrogens with one attached hydrogen (secondary N) is 1. The van der Waals surface area contributed by atoms with Crippen molar-refractivity contribution in [2.45, 2.75) is 18.9 Å². The van der Waals surface area contributed by atoms with Gasteiger partial charge in [-0.2, -0.15) is 0 Å². The predicted octanol–water partition coefficient (Wildman–Crippen LogP) is 2.24. The lowest BCUT2D eigenvalue weighted by Gasteiger charge is -2.14. The molecule has 15 heavy (non-hydrogen) atoms. The van der Waals surface area contributed by atoms with E-state index in [1.54, 1.807) is 11.3 Å². The van der Waals surface area contributed by atoms with Crippen molar-refractivity contribution in [2.24, 2.45) is 0 Å². The third-order valence-electron chi connectivity index (χ3n) is 2.98. The second kappa shape index (κ2) is 5.30. The first kappa shape index (κ1) is 11.4. The third-order valence-corrected chi connectivity index (χ3v) is 4.27. The zero-order valence-corrected chi connectivity index (χ0v) is 10.6. The number of rotatable bonds is 4. The van der Waals surface area contributed by atoms with Crippen LogP contribution in [0.5, 0.6) is 0 Å². The summed E-state index contributed by atoms with van der Waals surface area (Å²) < 4.78 is 0.902. The summed E-state index contributed by atoms with van der Waals surface area (Å²) in [6.45, 7) is 3.58. The average Bonchev–Trinajstić information content (AvgIpc) is 2.83. The molecule has 0 saturated carbocycles. The van der Waals surface area contributed by atoms with Gasteiger partial charge in [-0.05, 0) is 38.6 Å². The van der Waals surface area contributed by atoms with E-state index in [1.165, 1.54) is 24.4 Å². The number of hydrogen-bond acceptors (Lipinski definition) is 3. The van der Waals surface area contributed by atoms with Gasteiger partial charge in [0.25, 0.3) is 0 Å². The van der Waals surface area contributed by atoms with Crippen LogP contribution in [-0.2, 0) is 6.42 Å². The summed E-state index contributed by atoms with van der Waals surface area (Å²) in [5.74, 6) is 0. The van der Waals surface area contributed by atoms with Crippen molar-refractivity contribution in [2.75, 3.05) is 26.7 Å². The van der Waals surface area contributed by atoms with E-state index in [9.17, 15) is 0 Å². The molecule has 1 unspecified atom stereocenters. The number of hydrogen-bond donors (Lipinski definition) is 1. The third kappa shape index (κ3) is 3.18. The quantitative estimate of drug-likeness (QED) is 0.874. The summed E-state index contributed by atoms with van der Waals surface area (Å²) in [6, 6.07) is 4.82. The van der Waals surface area contributed by atoms with Crippen LogP contribution in [0.15, 0.2) is 12.1 Å². The van der Waals surface area contributed by atoms with Crippen LogP contribution in [0.1, 0.15) is 11.3 Å². The fourth-order valence-corrected chi connectivity index (χ4v) is 3.10. The zero-order valence-electron chi connectivity index (χ0n) is 9.00. The van der Waals surface area contributed by atoms with E-state index in [4.69, 9.17) is 11.6 Å². The van der Waals surface area contributed by atoms with E-state index < -0.39 is 0 Å². The molecule has 2 rings (SSSR count). The molecule has 84 valence electrons. The van der Waals surface area contributed by atoms with Gasteiger partial charge in [0.2, 0.25) is 0 Å². The molecule has 0 bridgehead atoms. The summed E-state index contributed by atoms with van der Waals surface area (Å²) in [7, 11) is 2.05. The molecule has 1 saturated heterocycles. The van der Waals surface area contributed by atoms with Crippen molar-refractivity contribution in [3.63, 3.8) is 0 Å². The summed E-state index contributed by atoms with van der Waals surface area (Å²) in [5, 5.41) is 3.34. The Morgan fingerprint density at radius 1 is 1.60 bits per heavy atom. The Morgan fingerprint density at radius 2 is 2.47 bits per heavy atom. The highest BCUT2D eigenvalue weighted by atomic mass is 35.5. The minimum absolute atomic E-state index is 0.692. The van der Waals surface area contributed by atoms with E-state index >= 15 is 0 Å². The Kier molecular flexibility index (Phi) is 4.03. The van der Waals surface area contributed by atoms with Crippen LogP contribution < -0.4 is 5.32 Å². The molecule has 1 aromatic rings. The molecule has 1 N–H and O–H groups in total. The molecule has 2 heterocycles. The lowest BCUT2D eigenvalue weighted by atomic mass is 10.3. The molecule has 1 aromatic heterocycles. The van der Waals surface area contributed by atoms with Crippen LogP contribution in [0, 0.1) is 0 Å². The van der Waals surface area contributed by atoms with Gasteiger partial charge in [0.1, 0.15) is 0 Å². The number of halogens is 1. The summed E-state index contributed by atoms with van der Waals surface area (Å²) in [5.41, 5.74) is 0. The highest BCUT2D eigenvalue weighted by molar-refractivity contribution is 7.16. The highest BCUT2D eigenvalue weighted by Gasteiger charge is 2.20. The van der Waals surface area contributed by atoms with Crippen molar-refractivity contribution < 1.29 is 0 Å². The Hall–Kier alpha value is -0.0900. The fraction of sp³-hybridized carbons (Fsp3) is 0.636. The first-order chi connectivity index (χ1) is 7.28. The minimum atomic E-state index is 0.692. The maximum atomic E-state index is 5.90. The van der Waals surface area contributed by atoms with Gasteiger partial charge in [0.05, 0.1) is 4.34 Å². The maximum absolute atomic E-state index is 5.90. The maximum Gasteiger partial charge on any atom is 0.0931 e. The van der Waals surface area contributed by atoms with Crippen LogP contribution in [-0.4, -0.2) is 37.6 Å². The molecule has 1 aliphatic heterocycles. The lowest BCUT2D eigenvalue weighted by molar-refractivity contribution is 0.335. The fourth-order valence-electron chi connectivity index (χ4n) is 2.03. The van der Waals surface area contributed by atoms with Gasteiger partial charge in [0, 0.05) is 24.0 Å². The number of nitrogens with zero attached hydrogens (tertiary/aromatic N) is 1. The van der Waals surface area contributed by atoms with Crippen molar-refractivity contribution in [3.8, 4) is 0 Å². The first-order valence-corrected chi connectivity index (χ1v) is 6.61. The van der Waals surface area contributed by atoms with Crippen molar-refractivity contribution in [1.29, 1.82) is 0 Å². The Bertz CT molecular complexity index is 313. The molecule has 1 aliphatic rings. The highest BCUT2D eigenvalue weighted by Crippen LogP contribution is 2.22. The van der Waals surface area contributed by atoms with E-state index in [1.807, 2.05) is 13.1 Å². The number of likely N-dealkylation sites (tertiary alicyclic amines) is 1. The molecule has 0 spiro atoms. The van der Waals surface area contributed by atoms with E-state index in [-0.39, 0.29) is 0 Å². The molecule has 0 aliphatic carbocycles. The molecular formula is C11H17ClN2S. The van der Waals surface area contributed by atoms with Gasteiger partial charge in [-0.25, -0.2) is 0 Å². The standard InChI is InChI=1S/C11H17ClN2S/c1-13-9-4-6-14(8-9)7-5-10-2-3-11(12)15-10/h2-3,9,13H,4-8H2,1H3. The van der Waals surface area contributed by atoms with Gasteiger partial charge in [-0.15, -0.1) is 11.3 Å². The van der Waals surface area contributed by atoms with Crippen LogP contribution in [0.4, 0.5) is 0 Å². The van der Waals surface area contributed by atoms with E-state index in [0.29, 0.717) is 6.04 Å². The Balaban J connectivity index is 1.75. The predicted molar refractivity (Wildman–Crippen MR) is 66.9 cm³/mol. The largest absolute Gasteiger partial charge is 0.316 e. The second-order valence-electron chi connectivity index (χ2n) is 4.03. The summed E-state index contributed by atoms with van der Waals surface area (Å²) in [4.78, 5) is 3.92. The zero-order chi connectivity index (χ0) is 10.7. The summed E-state index contributed by atoms with van der Waals surface area (Å²) >= 11 is 7.60. The van der Waals surface area contributed by atoms with E-state index in [0.717, 1.165) is 17.3 Å². The molecule has 1 fully saturated rings.